The first-order chi connectivity index (χ1) is 12.0. The van der Waals surface area contributed by atoms with E-state index in [1.807, 2.05) is 66.7 Å². The van der Waals surface area contributed by atoms with Crippen molar-refractivity contribution in [1.29, 1.82) is 0 Å². The summed E-state index contributed by atoms with van der Waals surface area (Å²) in [5.41, 5.74) is 1.82. The highest BCUT2D eigenvalue weighted by Crippen LogP contribution is 2.37. The number of carbonyl (C=O) groups excluding carboxylic acids is 1. The topological polar surface area (TPSA) is 60.2 Å². The van der Waals surface area contributed by atoms with E-state index in [1.54, 1.807) is 0 Å². The van der Waals surface area contributed by atoms with Crippen LogP contribution in [0.5, 0.6) is 0 Å². The molecule has 2 aromatic rings. The van der Waals surface area contributed by atoms with E-state index in [1.165, 1.54) is 0 Å². The third kappa shape index (κ3) is 4.23. The van der Waals surface area contributed by atoms with E-state index in [9.17, 15) is 14.9 Å². The van der Waals surface area contributed by atoms with Crippen LogP contribution in [0.3, 0.4) is 0 Å². The molecule has 3 atom stereocenters. The zero-order chi connectivity index (χ0) is 17.8. The number of Topliss-reactive ketones (excluding diaryl/α,β-unsaturated/α-hetero) is 1. The zero-order valence-electron chi connectivity index (χ0n) is 13.5. The van der Waals surface area contributed by atoms with Gasteiger partial charge in [-0.25, -0.2) is 0 Å². The van der Waals surface area contributed by atoms with Gasteiger partial charge in [0.15, 0.2) is 0 Å². The Hall–Kier alpha value is -2.27. The summed E-state index contributed by atoms with van der Waals surface area (Å²) in [4.78, 5) is 23.8. The van der Waals surface area contributed by atoms with Crippen LogP contribution < -0.4 is 0 Å². The fourth-order valence-electron chi connectivity index (χ4n) is 3.44. The molecule has 0 radical (unpaired) electrons. The Labute approximate surface area is 154 Å². The van der Waals surface area contributed by atoms with Crippen LogP contribution in [0.1, 0.15) is 29.9 Å². The minimum Gasteiger partial charge on any atom is -0.300 e. The van der Waals surface area contributed by atoms with Gasteiger partial charge in [-0.05, 0) is 23.3 Å². The molecule has 5 heteroatoms. The normalized spacial score (nSPS) is 23.7. The molecule has 3 rings (SSSR count). The van der Waals surface area contributed by atoms with E-state index in [-0.39, 0.29) is 29.5 Å². The molecule has 0 heterocycles. The summed E-state index contributed by atoms with van der Waals surface area (Å²) < 4.78 is 0.977. The quantitative estimate of drug-likeness (QED) is 0.544. The molecule has 0 bridgehead atoms. The molecule has 1 saturated carbocycles. The zero-order valence-corrected chi connectivity index (χ0v) is 15.1. The van der Waals surface area contributed by atoms with E-state index in [0.29, 0.717) is 0 Å². The number of carbonyl (C=O) groups is 1. The lowest BCUT2D eigenvalue weighted by molar-refractivity contribution is -0.535. The number of rotatable bonds is 4. The van der Waals surface area contributed by atoms with Gasteiger partial charge >= 0.3 is 0 Å². The van der Waals surface area contributed by atoms with Crippen molar-refractivity contribution < 1.29 is 9.72 Å². The van der Waals surface area contributed by atoms with Crippen molar-refractivity contribution in [2.24, 2.45) is 5.92 Å². The summed E-state index contributed by atoms with van der Waals surface area (Å²) in [6.07, 6.45) is 4.15. The second-order valence-electron chi connectivity index (χ2n) is 6.31. The van der Waals surface area contributed by atoms with Crippen molar-refractivity contribution in [2.75, 3.05) is 0 Å². The highest BCUT2D eigenvalue weighted by Gasteiger charge is 2.44. The monoisotopic (exact) mass is 399 g/mol. The van der Waals surface area contributed by atoms with Crippen molar-refractivity contribution in [2.45, 2.75) is 24.8 Å². The fraction of sp³-hybridized carbons (Fsp3) is 0.250. The van der Waals surface area contributed by atoms with Crippen molar-refractivity contribution in [3.05, 3.63) is 86.4 Å². The number of hydrogen-bond donors (Lipinski definition) is 0. The minimum absolute atomic E-state index is 0.0809. The van der Waals surface area contributed by atoms with Crippen molar-refractivity contribution in [3.8, 4) is 0 Å². The number of nitrogens with zero attached hydrogens (tertiary/aromatic N) is 1. The van der Waals surface area contributed by atoms with Crippen LogP contribution in [0.15, 0.2) is 65.1 Å². The molecule has 4 nitrogen and oxygen atoms in total. The van der Waals surface area contributed by atoms with Gasteiger partial charge in [-0.1, -0.05) is 70.5 Å². The Kier molecular flexibility index (Phi) is 5.43. The van der Waals surface area contributed by atoms with Gasteiger partial charge in [0, 0.05) is 22.2 Å². The van der Waals surface area contributed by atoms with Crippen LogP contribution in [-0.4, -0.2) is 16.7 Å². The van der Waals surface area contributed by atoms with Gasteiger partial charge in [-0.3, -0.25) is 14.9 Å². The molecule has 1 aliphatic rings. The SMILES string of the molecule is O=C1C[C@@H](/C=C/c2ccc(Br)cc2)[C@@H]([N+](=O)[O-])[C@H](c2ccccc2)C1. The molecule has 128 valence electrons. The van der Waals surface area contributed by atoms with Gasteiger partial charge in [0.1, 0.15) is 5.78 Å². The van der Waals surface area contributed by atoms with Gasteiger partial charge in [-0.15, -0.1) is 0 Å². The average molecular weight is 400 g/mol. The third-order valence-corrected chi connectivity index (χ3v) is 5.17. The molecule has 1 aliphatic carbocycles. The number of halogens is 1. The Balaban J connectivity index is 1.89. The van der Waals surface area contributed by atoms with Crippen LogP contribution in [-0.2, 0) is 4.79 Å². The van der Waals surface area contributed by atoms with Crippen LogP contribution in [0.2, 0.25) is 0 Å². The summed E-state index contributed by atoms with van der Waals surface area (Å²) in [6.45, 7) is 0. The van der Waals surface area contributed by atoms with Crippen molar-refractivity contribution in [3.63, 3.8) is 0 Å². The molecule has 2 aromatic carbocycles. The van der Waals surface area contributed by atoms with E-state index in [2.05, 4.69) is 15.9 Å². The molecule has 25 heavy (non-hydrogen) atoms. The maximum atomic E-state index is 12.2. The summed E-state index contributed by atoms with van der Waals surface area (Å²) in [5.74, 6) is -0.695. The highest BCUT2D eigenvalue weighted by atomic mass is 79.9. The highest BCUT2D eigenvalue weighted by molar-refractivity contribution is 9.10. The molecule has 0 aliphatic heterocycles. The van der Waals surface area contributed by atoms with E-state index in [0.717, 1.165) is 15.6 Å². The van der Waals surface area contributed by atoms with Crippen LogP contribution in [0.4, 0.5) is 0 Å². The van der Waals surface area contributed by atoms with E-state index >= 15 is 0 Å². The van der Waals surface area contributed by atoms with Gasteiger partial charge < -0.3 is 0 Å². The number of nitro groups is 1. The Morgan fingerprint density at radius 2 is 1.72 bits per heavy atom. The first-order valence-corrected chi connectivity index (χ1v) is 8.98. The largest absolute Gasteiger partial charge is 0.300 e. The molecule has 1 fully saturated rings. The standard InChI is InChI=1S/C20H18BrNO3/c21-17-10-7-14(8-11-17)6-9-16-12-18(23)13-19(20(16)22(24)25)15-4-2-1-3-5-15/h1-11,16,19-20H,12-13H2/b9-6+/t16-,19+,20-/m1/s1. The van der Waals surface area contributed by atoms with Crippen LogP contribution in [0.25, 0.3) is 6.08 Å². The lowest BCUT2D eigenvalue weighted by Crippen LogP contribution is -2.40. The van der Waals surface area contributed by atoms with Crippen molar-refractivity contribution in [1.82, 2.24) is 0 Å². The average Bonchev–Trinajstić information content (AvgIpc) is 2.61. The Morgan fingerprint density at radius 1 is 1.04 bits per heavy atom. The molecule has 0 saturated heterocycles. The molecule has 0 aromatic heterocycles. The van der Waals surface area contributed by atoms with Gasteiger partial charge in [0.25, 0.3) is 0 Å². The van der Waals surface area contributed by atoms with Crippen LogP contribution in [0, 0.1) is 16.0 Å². The van der Waals surface area contributed by atoms with Gasteiger partial charge in [0.05, 0.1) is 11.8 Å². The molecule has 0 spiro atoms. The molecule has 0 N–H and O–H groups in total. The first-order valence-electron chi connectivity index (χ1n) is 8.18. The predicted molar refractivity (Wildman–Crippen MR) is 101 cm³/mol. The van der Waals surface area contributed by atoms with E-state index < -0.39 is 12.0 Å². The molecular weight excluding hydrogens is 382 g/mol. The number of benzene rings is 2. The van der Waals surface area contributed by atoms with Gasteiger partial charge in [0.2, 0.25) is 6.04 Å². The number of ketones is 1. The van der Waals surface area contributed by atoms with Crippen molar-refractivity contribution >= 4 is 27.8 Å². The summed E-state index contributed by atoms with van der Waals surface area (Å²) in [6, 6.07) is 16.3. The summed E-state index contributed by atoms with van der Waals surface area (Å²) in [5, 5.41) is 11.8. The Morgan fingerprint density at radius 3 is 2.36 bits per heavy atom. The van der Waals surface area contributed by atoms with E-state index in [4.69, 9.17) is 0 Å². The maximum Gasteiger partial charge on any atom is 0.226 e. The molecular formula is C20H18BrNO3. The molecule has 0 amide bonds. The smallest absolute Gasteiger partial charge is 0.226 e. The Bertz CT molecular complexity index is 786. The summed E-state index contributed by atoms with van der Waals surface area (Å²) in [7, 11) is 0. The minimum atomic E-state index is -0.785. The lowest BCUT2D eigenvalue weighted by atomic mass is 9.73. The summed E-state index contributed by atoms with van der Waals surface area (Å²) >= 11 is 3.39. The fourth-order valence-corrected chi connectivity index (χ4v) is 3.70. The third-order valence-electron chi connectivity index (χ3n) is 4.64. The lowest BCUT2D eigenvalue weighted by Gasteiger charge is -2.30. The second-order valence-corrected chi connectivity index (χ2v) is 7.23. The molecule has 0 unspecified atom stereocenters. The maximum absolute atomic E-state index is 12.2. The first kappa shape index (κ1) is 17.5. The predicted octanol–water partition coefficient (Wildman–Crippen LogP) is 4.87. The van der Waals surface area contributed by atoms with Crippen LogP contribution >= 0.6 is 15.9 Å². The number of hydrogen-bond acceptors (Lipinski definition) is 3. The second kappa shape index (κ2) is 7.74. The van der Waals surface area contributed by atoms with Gasteiger partial charge in [-0.2, -0.15) is 0 Å².